The molecule has 1 aromatic rings. The van der Waals surface area contributed by atoms with Crippen molar-refractivity contribution in [2.24, 2.45) is 0 Å². The third-order valence-corrected chi connectivity index (χ3v) is 7.17. The highest BCUT2D eigenvalue weighted by molar-refractivity contribution is 9.10. The average Bonchev–Trinajstić information content (AvgIpc) is 3.10. The zero-order valence-corrected chi connectivity index (χ0v) is 15.9. The predicted octanol–water partition coefficient (Wildman–Crippen LogP) is 1.83. The van der Waals surface area contributed by atoms with Crippen molar-refractivity contribution in [3.63, 3.8) is 0 Å². The predicted molar refractivity (Wildman–Crippen MR) is 95.3 cm³/mol. The standard InChI is InChI=1S/C17H18BrNO5S/c1-2-11-19-15(20)12-24-16(21)17(9-3-4-10-17)25(22,23)14-7-5-13(18)6-8-14/h1,5-8H,3-4,9-12H2,(H,19,20). The molecule has 1 fully saturated rings. The Kier molecular flexibility index (Phi) is 6.25. The van der Waals surface area contributed by atoms with E-state index in [0.29, 0.717) is 12.8 Å². The summed E-state index contributed by atoms with van der Waals surface area (Å²) < 4.78 is 30.3. The van der Waals surface area contributed by atoms with Crippen molar-refractivity contribution in [2.45, 2.75) is 35.3 Å². The van der Waals surface area contributed by atoms with Gasteiger partial charge in [-0.3, -0.25) is 9.59 Å². The van der Waals surface area contributed by atoms with E-state index in [4.69, 9.17) is 11.2 Å². The van der Waals surface area contributed by atoms with E-state index < -0.39 is 33.1 Å². The van der Waals surface area contributed by atoms with Gasteiger partial charge in [0.1, 0.15) is 0 Å². The lowest BCUT2D eigenvalue weighted by atomic mass is 10.1. The number of sulfone groups is 1. The van der Waals surface area contributed by atoms with Crippen LogP contribution in [0.25, 0.3) is 0 Å². The summed E-state index contributed by atoms with van der Waals surface area (Å²) in [7, 11) is -3.94. The highest BCUT2D eigenvalue weighted by Crippen LogP contribution is 2.41. The third-order valence-electron chi connectivity index (χ3n) is 4.14. The zero-order chi connectivity index (χ0) is 18.5. The molecule has 0 aromatic heterocycles. The van der Waals surface area contributed by atoms with Crippen LogP contribution in [0.1, 0.15) is 25.7 Å². The maximum absolute atomic E-state index is 13.1. The van der Waals surface area contributed by atoms with E-state index in [1.54, 1.807) is 12.1 Å². The number of ether oxygens (including phenoxy) is 1. The van der Waals surface area contributed by atoms with Gasteiger partial charge in [0, 0.05) is 4.47 Å². The van der Waals surface area contributed by atoms with Crippen LogP contribution in [0.3, 0.4) is 0 Å². The molecule has 0 aliphatic heterocycles. The van der Waals surface area contributed by atoms with E-state index >= 15 is 0 Å². The Morgan fingerprint density at radius 1 is 1.24 bits per heavy atom. The molecule has 0 atom stereocenters. The minimum atomic E-state index is -3.94. The largest absolute Gasteiger partial charge is 0.454 e. The van der Waals surface area contributed by atoms with Crippen LogP contribution in [0.15, 0.2) is 33.6 Å². The summed E-state index contributed by atoms with van der Waals surface area (Å²) >= 11 is 3.25. The van der Waals surface area contributed by atoms with Crippen LogP contribution < -0.4 is 5.32 Å². The number of nitrogens with one attached hydrogen (secondary N) is 1. The molecule has 0 unspecified atom stereocenters. The molecule has 0 spiro atoms. The molecule has 25 heavy (non-hydrogen) atoms. The molecule has 2 rings (SSSR count). The van der Waals surface area contributed by atoms with Gasteiger partial charge in [-0.2, -0.15) is 0 Å². The van der Waals surface area contributed by atoms with Gasteiger partial charge in [-0.1, -0.05) is 34.7 Å². The molecule has 0 radical (unpaired) electrons. The Balaban J connectivity index is 2.23. The summed E-state index contributed by atoms with van der Waals surface area (Å²) in [4.78, 5) is 24.2. The molecule has 1 saturated carbocycles. The normalized spacial score (nSPS) is 16.0. The SMILES string of the molecule is C#CCNC(=O)COC(=O)C1(S(=O)(=O)c2ccc(Br)cc2)CCCC1. The maximum Gasteiger partial charge on any atom is 0.328 e. The Bertz CT molecular complexity index is 789. The molecule has 1 N–H and O–H groups in total. The van der Waals surface area contributed by atoms with Gasteiger partial charge in [-0.15, -0.1) is 6.42 Å². The van der Waals surface area contributed by atoms with Crippen LogP contribution in [-0.4, -0.2) is 38.2 Å². The van der Waals surface area contributed by atoms with Gasteiger partial charge in [0.25, 0.3) is 5.91 Å². The van der Waals surface area contributed by atoms with E-state index in [1.165, 1.54) is 12.1 Å². The molecule has 1 aliphatic rings. The van der Waals surface area contributed by atoms with Crippen LogP contribution in [0.4, 0.5) is 0 Å². The Labute approximate surface area is 155 Å². The average molecular weight is 428 g/mol. The first-order chi connectivity index (χ1) is 11.8. The summed E-state index contributed by atoms with van der Waals surface area (Å²) in [5, 5.41) is 2.36. The minimum Gasteiger partial charge on any atom is -0.454 e. The van der Waals surface area contributed by atoms with Crippen molar-refractivity contribution < 1.29 is 22.7 Å². The van der Waals surface area contributed by atoms with Crippen molar-refractivity contribution >= 4 is 37.6 Å². The fourth-order valence-corrected chi connectivity index (χ4v) is 5.15. The number of hydrogen-bond acceptors (Lipinski definition) is 5. The minimum absolute atomic E-state index is 0.0126. The molecular formula is C17H18BrNO5S. The van der Waals surface area contributed by atoms with Crippen molar-refractivity contribution in [2.75, 3.05) is 13.2 Å². The Hall–Kier alpha value is -1.85. The Morgan fingerprint density at radius 2 is 1.84 bits per heavy atom. The van der Waals surface area contributed by atoms with Gasteiger partial charge in [0.2, 0.25) is 0 Å². The van der Waals surface area contributed by atoms with E-state index in [9.17, 15) is 18.0 Å². The number of halogens is 1. The van der Waals surface area contributed by atoms with Gasteiger partial charge >= 0.3 is 5.97 Å². The number of hydrogen-bond donors (Lipinski definition) is 1. The van der Waals surface area contributed by atoms with E-state index in [0.717, 1.165) is 4.47 Å². The molecule has 1 aromatic carbocycles. The van der Waals surface area contributed by atoms with Crippen LogP contribution in [0, 0.1) is 12.3 Å². The highest BCUT2D eigenvalue weighted by atomic mass is 79.9. The highest BCUT2D eigenvalue weighted by Gasteiger charge is 2.54. The van der Waals surface area contributed by atoms with Crippen LogP contribution in [0.2, 0.25) is 0 Å². The first kappa shape index (κ1) is 19.5. The molecule has 1 aliphatic carbocycles. The molecule has 0 saturated heterocycles. The van der Waals surface area contributed by atoms with Crippen molar-refractivity contribution in [3.05, 3.63) is 28.7 Å². The fourth-order valence-electron chi connectivity index (χ4n) is 2.83. The zero-order valence-electron chi connectivity index (χ0n) is 13.5. The lowest BCUT2D eigenvalue weighted by molar-refractivity contribution is -0.151. The molecule has 1 amide bonds. The van der Waals surface area contributed by atoms with E-state index in [-0.39, 0.29) is 24.3 Å². The molecular weight excluding hydrogens is 410 g/mol. The second-order valence-corrected chi connectivity index (χ2v) is 8.89. The van der Waals surface area contributed by atoms with Gasteiger partial charge in [-0.25, -0.2) is 8.42 Å². The first-order valence-corrected chi connectivity index (χ1v) is 9.99. The fraction of sp³-hybridized carbons (Fsp3) is 0.412. The van der Waals surface area contributed by atoms with E-state index in [2.05, 4.69) is 27.2 Å². The second-order valence-electron chi connectivity index (χ2n) is 5.72. The molecule has 8 heteroatoms. The van der Waals surface area contributed by atoms with Crippen LogP contribution in [-0.2, 0) is 24.2 Å². The third kappa shape index (κ3) is 4.05. The number of terminal acetylenes is 1. The van der Waals surface area contributed by atoms with Crippen molar-refractivity contribution in [1.29, 1.82) is 0 Å². The van der Waals surface area contributed by atoms with Gasteiger partial charge in [0.15, 0.2) is 21.2 Å². The lowest BCUT2D eigenvalue weighted by Crippen LogP contribution is -2.46. The van der Waals surface area contributed by atoms with Gasteiger partial charge < -0.3 is 10.1 Å². The number of carbonyl (C=O) groups is 2. The van der Waals surface area contributed by atoms with Gasteiger partial charge in [-0.05, 0) is 37.1 Å². The number of rotatable bonds is 6. The van der Waals surface area contributed by atoms with E-state index in [1.807, 2.05) is 0 Å². The van der Waals surface area contributed by atoms with Crippen LogP contribution in [0.5, 0.6) is 0 Å². The quantitative estimate of drug-likeness (QED) is 0.552. The molecule has 134 valence electrons. The number of carbonyl (C=O) groups excluding carboxylic acids is 2. The lowest BCUT2D eigenvalue weighted by Gasteiger charge is -2.26. The van der Waals surface area contributed by atoms with Crippen molar-refractivity contribution in [1.82, 2.24) is 5.32 Å². The van der Waals surface area contributed by atoms with Crippen LogP contribution >= 0.6 is 15.9 Å². The number of amides is 1. The summed E-state index contributed by atoms with van der Waals surface area (Å²) in [6.45, 7) is -0.545. The summed E-state index contributed by atoms with van der Waals surface area (Å²) in [5.74, 6) is 0.773. The molecule has 0 bridgehead atoms. The summed E-state index contributed by atoms with van der Waals surface area (Å²) in [5.41, 5.74) is 0. The smallest absolute Gasteiger partial charge is 0.328 e. The molecule has 6 nitrogen and oxygen atoms in total. The molecule has 0 heterocycles. The van der Waals surface area contributed by atoms with Crippen molar-refractivity contribution in [3.8, 4) is 12.3 Å². The maximum atomic E-state index is 13.1. The summed E-state index contributed by atoms with van der Waals surface area (Å²) in [6, 6.07) is 6.11. The second kappa shape index (κ2) is 8.02. The Morgan fingerprint density at radius 3 is 2.40 bits per heavy atom. The monoisotopic (exact) mass is 427 g/mol. The topological polar surface area (TPSA) is 89.5 Å². The van der Waals surface area contributed by atoms with Gasteiger partial charge in [0.05, 0.1) is 11.4 Å². The number of esters is 1. The summed E-state index contributed by atoms with van der Waals surface area (Å²) in [6.07, 6.45) is 6.59. The number of benzene rings is 1. The first-order valence-electron chi connectivity index (χ1n) is 7.71.